The zero-order valence-electron chi connectivity index (χ0n) is 41.2. The van der Waals surface area contributed by atoms with Crippen LogP contribution in [0, 0.1) is 0 Å². The summed E-state index contributed by atoms with van der Waals surface area (Å²) in [5.41, 5.74) is 26.3. The molecule has 4 heteroatoms. The standard InChI is InChI=1S/C68H50N2O2/c1-66(2)52-36-43(27-29-46(52)57-54(66)38-50(40-31-33-69-34-32-40)64-59(57)48-22-11-14-25-55(48)71-64)70(42-20-16-19-41(35-42)39-17-8-7-9-18-39)44-28-30-47-53(37-44)68(5,6)62-58(47)60-49-23-12-15-26-56(49)72-65(60)61-45-21-10-13-24-51(45)67(3,4)63(61)62/h7-38H,1-6H3. The van der Waals surface area contributed by atoms with Crippen LogP contribution in [0.5, 0.6) is 0 Å². The molecule has 3 aliphatic rings. The molecule has 0 aliphatic heterocycles. The molecule has 0 unspecified atom stereocenters. The van der Waals surface area contributed by atoms with Crippen LogP contribution < -0.4 is 4.90 Å². The summed E-state index contributed by atoms with van der Waals surface area (Å²) < 4.78 is 13.8. The number of nitrogens with zero attached hydrogens (tertiary/aromatic N) is 2. The van der Waals surface area contributed by atoms with E-state index in [0.717, 1.165) is 61.3 Å². The van der Waals surface area contributed by atoms with Crippen molar-refractivity contribution in [3.63, 3.8) is 0 Å². The van der Waals surface area contributed by atoms with Crippen molar-refractivity contribution in [2.24, 2.45) is 0 Å². The lowest BCUT2D eigenvalue weighted by Gasteiger charge is -2.32. The van der Waals surface area contributed by atoms with Crippen LogP contribution in [-0.4, -0.2) is 4.98 Å². The first kappa shape index (κ1) is 41.3. The molecule has 0 spiro atoms. The lowest BCUT2D eigenvalue weighted by molar-refractivity contribution is 0.600. The molecule has 0 fully saturated rings. The third-order valence-electron chi connectivity index (χ3n) is 16.9. The number of hydrogen-bond donors (Lipinski definition) is 0. The van der Waals surface area contributed by atoms with Gasteiger partial charge in [0, 0.05) is 78.4 Å². The van der Waals surface area contributed by atoms with Gasteiger partial charge in [-0.25, -0.2) is 0 Å². The quantitative estimate of drug-likeness (QED) is 0.172. The van der Waals surface area contributed by atoms with Gasteiger partial charge in [0.15, 0.2) is 0 Å². The minimum absolute atomic E-state index is 0.239. The van der Waals surface area contributed by atoms with Crippen LogP contribution in [0.25, 0.3) is 99.5 Å². The predicted octanol–water partition coefficient (Wildman–Crippen LogP) is 18.6. The molecule has 0 saturated carbocycles. The van der Waals surface area contributed by atoms with Crippen molar-refractivity contribution < 1.29 is 8.83 Å². The van der Waals surface area contributed by atoms with Crippen molar-refractivity contribution in [1.82, 2.24) is 4.98 Å². The first-order valence-corrected chi connectivity index (χ1v) is 25.3. The average Bonchev–Trinajstić information content (AvgIpc) is 4.17. The molecule has 9 aromatic carbocycles. The Balaban J connectivity index is 0.964. The summed E-state index contributed by atoms with van der Waals surface area (Å²) in [5.74, 6) is 0. The van der Waals surface area contributed by atoms with Gasteiger partial charge in [0.1, 0.15) is 22.3 Å². The number of para-hydroxylation sites is 2. The number of fused-ring (bicyclic) bond motifs is 19. The minimum atomic E-state index is -0.346. The molecule has 0 N–H and O–H groups in total. The second-order valence-electron chi connectivity index (χ2n) is 21.8. The van der Waals surface area contributed by atoms with Crippen molar-refractivity contribution in [2.75, 3.05) is 4.90 Å². The van der Waals surface area contributed by atoms with Gasteiger partial charge in [-0.3, -0.25) is 4.98 Å². The fourth-order valence-electron chi connectivity index (χ4n) is 13.5. The van der Waals surface area contributed by atoms with Crippen molar-refractivity contribution in [3.05, 3.63) is 228 Å². The number of pyridine rings is 1. The fourth-order valence-corrected chi connectivity index (χ4v) is 13.5. The van der Waals surface area contributed by atoms with Crippen molar-refractivity contribution >= 4 is 60.9 Å². The van der Waals surface area contributed by atoms with E-state index in [1.165, 1.54) is 88.7 Å². The molecule has 3 heterocycles. The molecule has 12 aromatic rings. The second kappa shape index (κ2) is 14.3. The summed E-state index contributed by atoms with van der Waals surface area (Å²) >= 11 is 0. The molecule has 72 heavy (non-hydrogen) atoms. The van der Waals surface area contributed by atoms with Gasteiger partial charge < -0.3 is 13.7 Å². The van der Waals surface area contributed by atoms with Crippen LogP contribution in [0.15, 0.2) is 203 Å². The number of anilines is 3. The van der Waals surface area contributed by atoms with E-state index in [-0.39, 0.29) is 16.2 Å². The molecule has 3 aliphatic carbocycles. The summed E-state index contributed by atoms with van der Waals surface area (Å²) in [6.07, 6.45) is 3.74. The smallest absolute Gasteiger partial charge is 0.144 e. The second-order valence-corrected chi connectivity index (χ2v) is 21.8. The zero-order valence-corrected chi connectivity index (χ0v) is 41.2. The van der Waals surface area contributed by atoms with Crippen molar-refractivity contribution in [3.8, 4) is 55.6 Å². The van der Waals surface area contributed by atoms with E-state index in [9.17, 15) is 0 Å². The highest BCUT2D eigenvalue weighted by molar-refractivity contribution is 6.21. The van der Waals surface area contributed by atoms with Crippen LogP contribution in [0.4, 0.5) is 17.1 Å². The fraction of sp³-hybridized carbons (Fsp3) is 0.132. The predicted molar refractivity (Wildman–Crippen MR) is 297 cm³/mol. The lowest BCUT2D eigenvalue weighted by atomic mass is 9.72. The summed E-state index contributed by atoms with van der Waals surface area (Å²) in [6, 6.07) is 66.9. The van der Waals surface area contributed by atoms with E-state index in [4.69, 9.17) is 8.83 Å². The zero-order chi connectivity index (χ0) is 48.4. The maximum absolute atomic E-state index is 7.01. The van der Waals surface area contributed by atoms with Crippen LogP contribution in [-0.2, 0) is 16.2 Å². The highest BCUT2D eigenvalue weighted by atomic mass is 16.3. The summed E-state index contributed by atoms with van der Waals surface area (Å²) in [7, 11) is 0. The Labute approximate surface area is 418 Å². The molecule has 344 valence electrons. The summed E-state index contributed by atoms with van der Waals surface area (Å²) in [6.45, 7) is 14.5. The van der Waals surface area contributed by atoms with E-state index >= 15 is 0 Å². The van der Waals surface area contributed by atoms with E-state index < -0.39 is 0 Å². The van der Waals surface area contributed by atoms with Gasteiger partial charge in [-0.1, -0.05) is 157 Å². The van der Waals surface area contributed by atoms with Crippen LogP contribution in [0.3, 0.4) is 0 Å². The third kappa shape index (κ3) is 5.39. The van der Waals surface area contributed by atoms with Gasteiger partial charge >= 0.3 is 0 Å². The van der Waals surface area contributed by atoms with Gasteiger partial charge in [0.25, 0.3) is 0 Å². The molecule has 15 rings (SSSR count). The third-order valence-corrected chi connectivity index (χ3v) is 16.9. The SMILES string of the molecule is CC1(C)c2cc(N(c3cccc(-c4ccccc4)c3)c3ccc4c(c3)C(C)(C)c3c5c(c6oc7ccccc7c6c3-4)-c3ccccc3C5(C)C)ccc2-c2c1cc(-c1ccncc1)c1oc3ccccc3c21. The van der Waals surface area contributed by atoms with E-state index in [2.05, 4.69) is 233 Å². The van der Waals surface area contributed by atoms with Crippen molar-refractivity contribution in [2.45, 2.75) is 57.8 Å². The Morgan fingerprint density at radius 2 is 0.903 bits per heavy atom. The van der Waals surface area contributed by atoms with Gasteiger partial charge in [-0.15, -0.1) is 0 Å². The molecule has 3 aromatic heterocycles. The first-order chi connectivity index (χ1) is 35.0. The Kier molecular flexibility index (Phi) is 8.23. The van der Waals surface area contributed by atoms with E-state index in [1.807, 2.05) is 12.4 Å². The van der Waals surface area contributed by atoms with Crippen molar-refractivity contribution in [1.29, 1.82) is 0 Å². The number of aromatic nitrogens is 1. The van der Waals surface area contributed by atoms with Gasteiger partial charge in [0.05, 0.1) is 0 Å². The maximum atomic E-state index is 7.01. The average molecular weight is 927 g/mol. The number of furan rings is 2. The van der Waals surface area contributed by atoms with Gasteiger partial charge in [0.2, 0.25) is 0 Å². The summed E-state index contributed by atoms with van der Waals surface area (Å²) in [5, 5.41) is 4.67. The number of hydrogen-bond acceptors (Lipinski definition) is 4. The Morgan fingerprint density at radius 1 is 0.361 bits per heavy atom. The molecular weight excluding hydrogens is 877 g/mol. The highest BCUT2D eigenvalue weighted by Crippen LogP contribution is 2.64. The molecule has 0 amide bonds. The maximum Gasteiger partial charge on any atom is 0.144 e. The Bertz CT molecular complexity index is 4300. The largest absolute Gasteiger partial charge is 0.455 e. The number of benzene rings is 9. The normalized spacial score (nSPS) is 15.1. The minimum Gasteiger partial charge on any atom is -0.455 e. The molecule has 0 bridgehead atoms. The Morgan fingerprint density at radius 3 is 1.62 bits per heavy atom. The molecule has 0 atom stereocenters. The summed E-state index contributed by atoms with van der Waals surface area (Å²) in [4.78, 5) is 6.86. The molecule has 0 saturated heterocycles. The van der Waals surface area contributed by atoms with Crippen LogP contribution in [0.2, 0.25) is 0 Å². The molecular formula is C68H50N2O2. The number of rotatable bonds is 5. The monoisotopic (exact) mass is 926 g/mol. The first-order valence-electron chi connectivity index (χ1n) is 25.3. The van der Waals surface area contributed by atoms with Crippen LogP contribution >= 0.6 is 0 Å². The molecule has 4 nitrogen and oxygen atoms in total. The van der Waals surface area contributed by atoms with Gasteiger partial charge in [-0.05, 0) is 145 Å². The van der Waals surface area contributed by atoms with Crippen LogP contribution in [0.1, 0.15) is 74.9 Å². The molecule has 0 radical (unpaired) electrons. The highest BCUT2D eigenvalue weighted by Gasteiger charge is 2.49. The topological polar surface area (TPSA) is 42.4 Å². The Hall–Kier alpha value is -8.47. The van der Waals surface area contributed by atoms with Gasteiger partial charge in [-0.2, -0.15) is 0 Å². The van der Waals surface area contributed by atoms with E-state index in [1.54, 1.807) is 0 Å². The van der Waals surface area contributed by atoms with E-state index in [0.29, 0.717) is 0 Å². The lowest BCUT2D eigenvalue weighted by Crippen LogP contribution is -2.24.